The molecule has 1 fully saturated rings. The number of aromatic nitrogens is 2. The first-order valence-corrected chi connectivity index (χ1v) is 8.26. The summed E-state index contributed by atoms with van der Waals surface area (Å²) in [6.45, 7) is 0.879. The molecule has 22 heavy (non-hydrogen) atoms. The van der Waals surface area contributed by atoms with Crippen LogP contribution in [0.1, 0.15) is 37.7 Å². The molecular weight excluding hydrogens is 272 g/mol. The molecule has 116 valence electrons. The van der Waals surface area contributed by atoms with Gasteiger partial charge in [-0.15, -0.1) is 0 Å². The van der Waals surface area contributed by atoms with E-state index in [2.05, 4.69) is 44.9 Å². The lowest BCUT2D eigenvalue weighted by atomic mass is 9.95. The van der Waals surface area contributed by atoms with Gasteiger partial charge in [0.15, 0.2) is 0 Å². The monoisotopic (exact) mass is 296 g/mol. The maximum Gasteiger partial charge on any atom is 0.131 e. The summed E-state index contributed by atoms with van der Waals surface area (Å²) in [6.07, 6.45) is 9.15. The summed E-state index contributed by atoms with van der Waals surface area (Å²) in [4.78, 5) is 8.64. The third kappa shape index (κ3) is 4.45. The highest BCUT2D eigenvalue weighted by atomic mass is 15.1. The average Bonchev–Trinajstić information content (AvgIpc) is 2.57. The van der Waals surface area contributed by atoms with Gasteiger partial charge in [0.25, 0.3) is 0 Å². The van der Waals surface area contributed by atoms with Crippen LogP contribution in [0.4, 0.5) is 11.6 Å². The lowest BCUT2D eigenvalue weighted by Crippen LogP contribution is -2.23. The summed E-state index contributed by atoms with van der Waals surface area (Å²) >= 11 is 0. The molecule has 3 rings (SSSR count). The fourth-order valence-electron chi connectivity index (χ4n) is 2.97. The van der Waals surface area contributed by atoms with E-state index in [1.54, 1.807) is 6.33 Å². The first-order chi connectivity index (χ1) is 10.9. The number of nitrogens with zero attached hydrogens (tertiary/aromatic N) is 2. The summed E-state index contributed by atoms with van der Waals surface area (Å²) < 4.78 is 0. The van der Waals surface area contributed by atoms with Gasteiger partial charge in [-0.2, -0.15) is 0 Å². The molecule has 0 bridgehead atoms. The molecule has 1 aliphatic carbocycles. The molecule has 0 aliphatic heterocycles. The van der Waals surface area contributed by atoms with Crippen molar-refractivity contribution in [2.24, 2.45) is 0 Å². The molecule has 0 atom stereocenters. The summed E-state index contributed by atoms with van der Waals surface area (Å²) in [6, 6.07) is 13.1. The molecule has 1 aromatic carbocycles. The van der Waals surface area contributed by atoms with Crippen LogP contribution in [0, 0.1) is 0 Å². The minimum Gasteiger partial charge on any atom is -0.370 e. The van der Waals surface area contributed by atoms with E-state index < -0.39 is 0 Å². The molecular formula is C18H24N4. The molecule has 4 heteroatoms. The highest BCUT2D eigenvalue weighted by Crippen LogP contribution is 2.21. The van der Waals surface area contributed by atoms with E-state index in [-0.39, 0.29) is 0 Å². The molecule has 0 amide bonds. The van der Waals surface area contributed by atoms with Crippen LogP contribution < -0.4 is 10.6 Å². The highest BCUT2D eigenvalue weighted by Gasteiger charge is 2.13. The Hall–Kier alpha value is -2.10. The standard InChI is InChI=1S/C18H24N4/c1-3-7-15(8-4-1)11-12-19-17-13-18(21-14-20-17)22-16-9-5-2-6-10-16/h1,3-4,7-8,13-14,16H,2,5-6,9-12H2,(H2,19,20,21,22). The van der Waals surface area contributed by atoms with Crippen LogP contribution in [0.2, 0.25) is 0 Å². The largest absolute Gasteiger partial charge is 0.370 e. The fourth-order valence-corrected chi connectivity index (χ4v) is 2.97. The van der Waals surface area contributed by atoms with Crippen LogP contribution in [0.3, 0.4) is 0 Å². The molecule has 1 saturated carbocycles. The van der Waals surface area contributed by atoms with Crippen LogP contribution in [-0.4, -0.2) is 22.6 Å². The van der Waals surface area contributed by atoms with E-state index in [0.29, 0.717) is 6.04 Å². The van der Waals surface area contributed by atoms with E-state index >= 15 is 0 Å². The smallest absolute Gasteiger partial charge is 0.131 e. The number of nitrogens with one attached hydrogen (secondary N) is 2. The minimum absolute atomic E-state index is 0.570. The van der Waals surface area contributed by atoms with Crippen LogP contribution in [0.25, 0.3) is 0 Å². The van der Waals surface area contributed by atoms with Gasteiger partial charge in [0.05, 0.1) is 0 Å². The molecule has 0 spiro atoms. The quantitative estimate of drug-likeness (QED) is 0.849. The Labute approximate surface area is 132 Å². The second-order valence-corrected chi connectivity index (χ2v) is 5.93. The maximum atomic E-state index is 4.34. The summed E-state index contributed by atoms with van der Waals surface area (Å²) in [5, 5.41) is 6.92. The number of benzene rings is 1. The summed E-state index contributed by atoms with van der Waals surface area (Å²) in [5.74, 6) is 1.83. The van der Waals surface area contributed by atoms with E-state index in [1.807, 2.05) is 12.1 Å². The minimum atomic E-state index is 0.570. The molecule has 4 nitrogen and oxygen atoms in total. The SMILES string of the molecule is c1ccc(CCNc2cc(NC3CCCCC3)ncn2)cc1. The normalized spacial score (nSPS) is 15.5. The molecule has 0 radical (unpaired) electrons. The van der Waals surface area contributed by atoms with Gasteiger partial charge in [-0.25, -0.2) is 9.97 Å². The molecule has 0 unspecified atom stereocenters. The number of anilines is 2. The van der Waals surface area contributed by atoms with Gasteiger partial charge < -0.3 is 10.6 Å². The Morgan fingerprint density at radius 3 is 2.55 bits per heavy atom. The third-order valence-electron chi connectivity index (χ3n) is 4.19. The molecule has 2 N–H and O–H groups in total. The zero-order chi connectivity index (χ0) is 15.0. The van der Waals surface area contributed by atoms with Gasteiger partial charge >= 0.3 is 0 Å². The van der Waals surface area contributed by atoms with Crippen LogP contribution >= 0.6 is 0 Å². The van der Waals surface area contributed by atoms with Crippen molar-refractivity contribution in [2.45, 2.75) is 44.6 Å². The van der Waals surface area contributed by atoms with Crippen LogP contribution in [0.15, 0.2) is 42.7 Å². The van der Waals surface area contributed by atoms with Gasteiger partial charge in [0.1, 0.15) is 18.0 Å². The van der Waals surface area contributed by atoms with Gasteiger partial charge in [0.2, 0.25) is 0 Å². The van der Waals surface area contributed by atoms with Gasteiger partial charge in [-0.3, -0.25) is 0 Å². The van der Waals surface area contributed by atoms with Crippen molar-refractivity contribution in [2.75, 3.05) is 17.2 Å². The van der Waals surface area contributed by atoms with Crippen molar-refractivity contribution >= 4 is 11.6 Å². The summed E-state index contributed by atoms with van der Waals surface area (Å²) in [5.41, 5.74) is 1.34. The first kappa shape index (κ1) is 14.8. The number of hydrogen-bond donors (Lipinski definition) is 2. The molecule has 1 aliphatic rings. The molecule has 1 aromatic heterocycles. The first-order valence-electron chi connectivity index (χ1n) is 8.26. The predicted octanol–water partition coefficient (Wildman–Crippen LogP) is 3.88. The van der Waals surface area contributed by atoms with Gasteiger partial charge in [-0.05, 0) is 24.8 Å². The van der Waals surface area contributed by atoms with Gasteiger partial charge in [-0.1, -0.05) is 49.6 Å². The van der Waals surface area contributed by atoms with Crippen LogP contribution in [0.5, 0.6) is 0 Å². The lowest BCUT2D eigenvalue weighted by molar-refractivity contribution is 0.462. The number of hydrogen-bond acceptors (Lipinski definition) is 4. The molecule has 2 aromatic rings. The zero-order valence-electron chi connectivity index (χ0n) is 13.0. The van der Waals surface area contributed by atoms with Crippen molar-refractivity contribution in [3.8, 4) is 0 Å². The molecule has 1 heterocycles. The van der Waals surface area contributed by atoms with E-state index in [4.69, 9.17) is 0 Å². The Kier molecular flexibility index (Phi) is 5.24. The van der Waals surface area contributed by atoms with Crippen molar-refractivity contribution in [3.63, 3.8) is 0 Å². The van der Waals surface area contributed by atoms with E-state index in [9.17, 15) is 0 Å². The van der Waals surface area contributed by atoms with Gasteiger partial charge in [0, 0.05) is 18.7 Å². The third-order valence-corrected chi connectivity index (χ3v) is 4.19. The Morgan fingerprint density at radius 1 is 0.955 bits per heavy atom. The van der Waals surface area contributed by atoms with Crippen molar-refractivity contribution in [1.82, 2.24) is 9.97 Å². The average molecular weight is 296 g/mol. The Balaban J connectivity index is 1.50. The van der Waals surface area contributed by atoms with E-state index in [1.165, 1.54) is 37.7 Å². The Morgan fingerprint density at radius 2 is 1.73 bits per heavy atom. The van der Waals surface area contributed by atoms with E-state index in [0.717, 1.165) is 24.6 Å². The maximum absolute atomic E-state index is 4.34. The lowest BCUT2D eigenvalue weighted by Gasteiger charge is -2.23. The summed E-state index contributed by atoms with van der Waals surface area (Å²) in [7, 11) is 0. The highest BCUT2D eigenvalue weighted by molar-refractivity contribution is 5.47. The zero-order valence-corrected chi connectivity index (χ0v) is 13.0. The van der Waals surface area contributed by atoms with Crippen LogP contribution in [-0.2, 0) is 6.42 Å². The Bertz CT molecular complexity index is 564. The predicted molar refractivity (Wildman–Crippen MR) is 91.2 cm³/mol. The number of rotatable bonds is 6. The van der Waals surface area contributed by atoms with Crippen molar-refractivity contribution in [3.05, 3.63) is 48.3 Å². The van der Waals surface area contributed by atoms with Crippen molar-refractivity contribution in [1.29, 1.82) is 0 Å². The fraction of sp³-hybridized carbons (Fsp3) is 0.444. The second-order valence-electron chi connectivity index (χ2n) is 5.93. The van der Waals surface area contributed by atoms with Crippen molar-refractivity contribution < 1.29 is 0 Å². The molecule has 0 saturated heterocycles. The second kappa shape index (κ2) is 7.78. The topological polar surface area (TPSA) is 49.8 Å².